The zero-order valence-electron chi connectivity index (χ0n) is 15.6. The third-order valence-electron chi connectivity index (χ3n) is 5.14. The molecule has 7 heteroatoms. The van der Waals surface area contributed by atoms with Crippen molar-refractivity contribution in [1.29, 1.82) is 0 Å². The highest BCUT2D eigenvalue weighted by Gasteiger charge is 2.31. The average molecular weight is 386 g/mol. The van der Waals surface area contributed by atoms with Crippen molar-refractivity contribution in [3.8, 4) is 11.3 Å². The van der Waals surface area contributed by atoms with E-state index in [4.69, 9.17) is 4.98 Å². The fourth-order valence-electron chi connectivity index (χ4n) is 3.51. The van der Waals surface area contributed by atoms with Crippen LogP contribution in [0.5, 0.6) is 0 Å². The van der Waals surface area contributed by atoms with Crippen molar-refractivity contribution in [2.75, 3.05) is 37.6 Å². The minimum absolute atomic E-state index is 0.266. The van der Waals surface area contributed by atoms with Crippen LogP contribution in [0.25, 0.3) is 22.3 Å². The molecule has 0 unspecified atom stereocenters. The molecule has 0 amide bonds. The summed E-state index contributed by atoms with van der Waals surface area (Å²) >= 11 is 0. The molecule has 1 aliphatic heterocycles. The maximum absolute atomic E-state index is 13.1. The lowest BCUT2D eigenvalue weighted by Gasteiger charge is -2.35. The molecule has 0 bridgehead atoms. The molecule has 4 nitrogen and oxygen atoms in total. The Bertz CT molecular complexity index is 965. The minimum Gasteiger partial charge on any atom is -0.352 e. The van der Waals surface area contributed by atoms with Crippen molar-refractivity contribution >= 4 is 16.9 Å². The lowest BCUT2D eigenvalue weighted by molar-refractivity contribution is -0.137. The summed E-state index contributed by atoms with van der Waals surface area (Å²) in [6.07, 6.45) is -4.40. The van der Waals surface area contributed by atoms with E-state index in [2.05, 4.69) is 21.7 Å². The van der Waals surface area contributed by atoms with E-state index in [1.807, 2.05) is 30.3 Å². The number of benzene rings is 2. The molecule has 28 heavy (non-hydrogen) atoms. The monoisotopic (exact) mass is 386 g/mol. The molecular formula is C21H21F3N4. The summed E-state index contributed by atoms with van der Waals surface area (Å²) in [5.74, 6) is 0.647. The lowest BCUT2D eigenvalue weighted by atomic mass is 10.1. The van der Waals surface area contributed by atoms with Gasteiger partial charge < -0.3 is 9.80 Å². The van der Waals surface area contributed by atoms with Gasteiger partial charge in [0.05, 0.1) is 16.6 Å². The van der Waals surface area contributed by atoms with E-state index >= 15 is 0 Å². The summed E-state index contributed by atoms with van der Waals surface area (Å²) in [6, 6.07) is 13.2. The standard InChI is InChI=1S/C21H21F3N4/c1-2-27-10-12-28(13-11-27)20-19(15-6-4-3-5-7-15)25-17-9-8-16(21(22,23)24)14-18(17)26-20/h3-9,14H,2,10-13H2,1H3. The van der Waals surface area contributed by atoms with Crippen LogP contribution in [-0.4, -0.2) is 47.6 Å². The second-order valence-electron chi connectivity index (χ2n) is 6.88. The lowest BCUT2D eigenvalue weighted by Crippen LogP contribution is -2.46. The van der Waals surface area contributed by atoms with Gasteiger partial charge >= 0.3 is 6.18 Å². The van der Waals surface area contributed by atoms with Crippen LogP contribution in [0.15, 0.2) is 48.5 Å². The zero-order valence-corrected chi connectivity index (χ0v) is 15.6. The minimum atomic E-state index is -4.40. The van der Waals surface area contributed by atoms with Gasteiger partial charge in [-0.05, 0) is 24.7 Å². The van der Waals surface area contributed by atoms with Gasteiger partial charge in [0, 0.05) is 31.7 Å². The highest BCUT2D eigenvalue weighted by atomic mass is 19.4. The first-order valence-electron chi connectivity index (χ1n) is 9.37. The van der Waals surface area contributed by atoms with Crippen molar-refractivity contribution in [3.63, 3.8) is 0 Å². The number of aromatic nitrogens is 2. The fraction of sp³-hybridized carbons (Fsp3) is 0.333. The molecule has 0 spiro atoms. The van der Waals surface area contributed by atoms with E-state index in [0.29, 0.717) is 17.0 Å². The Balaban J connectivity index is 1.83. The van der Waals surface area contributed by atoms with Crippen LogP contribution < -0.4 is 4.90 Å². The van der Waals surface area contributed by atoms with E-state index in [-0.39, 0.29) is 5.52 Å². The number of hydrogen-bond donors (Lipinski definition) is 0. The molecule has 0 saturated carbocycles. The fourth-order valence-corrected chi connectivity index (χ4v) is 3.51. The number of piperazine rings is 1. The Morgan fingerprint density at radius 2 is 1.61 bits per heavy atom. The highest BCUT2D eigenvalue weighted by molar-refractivity contribution is 5.84. The van der Waals surface area contributed by atoms with Crippen LogP contribution in [0.4, 0.5) is 19.0 Å². The molecule has 0 N–H and O–H groups in total. The van der Waals surface area contributed by atoms with Gasteiger partial charge in [0.25, 0.3) is 0 Å². The first kappa shape index (κ1) is 18.7. The molecule has 146 valence electrons. The summed E-state index contributed by atoms with van der Waals surface area (Å²) in [5, 5.41) is 0. The van der Waals surface area contributed by atoms with Crippen LogP contribution in [0, 0.1) is 0 Å². The van der Waals surface area contributed by atoms with E-state index in [1.54, 1.807) is 0 Å². The maximum atomic E-state index is 13.1. The summed E-state index contributed by atoms with van der Waals surface area (Å²) in [6.45, 7) is 6.44. The number of fused-ring (bicyclic) bond motifs is 1. The molecule has 0 atom stereocenters. The smallest absolute Gasteiger partial charge is 0.352 e. The topological polar surface area (TPSA) is 32.3 Å². The Hall–Kier alpha value is -2.67. The summed E-state index contributed by atoms with van der Waals surface area (Å²) in [7, 11) is 0. The molecule has 2 aromatic carbocycles. The van der Waals surface area contributed by atoms with Gasteiger partial charge in [-0.25, -0.2) is 9.97 Å². The Morgan fingerprint density at radius 3 is 2.25 bits per heavy atom. The van der Waals surface area contributed by atoms with E-state index in [0.717, 1.165) is 50.4 Å². The van der Waals surface area contributed by atoms with Gasteiger partial charge in [-0.1, -0.05) is 37.3 Å². The van der Waals surface area contributed by atoms with Gasteiger partial charge in [0.15, 0.2) is 5.82 Å². The number of hydrogen-bond acceptors (Lipinski definition) is 4. The number of anilines is 1. The zero-order chi connectivity index (χ0) is 19.7. The molecule has 4 rings (SSSR count). The first-order chi connectivity index (χ1) is 13.5. The number of likely N-dealkylation sites (N-methyl/N-ethyl adjacent to an activating group) is 1. The van der Waals surface area contributed by atoms with E-state index < -0.39 is 11.7 Å². The summed E-state index contributed by atoms with van der Waals surface area (Å²) in [4.78, 5) is 13.8. The molecule has 0 radical (unpaired) electrons. The molecule has 1 fully saturated rings. The normalized spacial score (nSPS) is 15.9. The molecule has 1 aliphatic rings. The quantitative estimate of drug-likeness (QED) is 0.665. The predicted molar refractivity (Wildman–Crippen MR) is 104 cm³/mol. The van der Waals surface area contributed by atoms with E-state index in [1.165, 1.54) is 6.07 Å². The number of alkyl halides is 3. The molecule has 3 aromatic rings. The second-order valence-corrected chi connectivity index (χ2v) is 6.88. The van der Waals surface area contributed by atoms with Crippen LogP contribution in [-0.2, 0) is 6.18 Å². The van der Waals surface area contributed by atoms with Gasteiger partial charge in [-0.2, -0.15) is 13.2 Å². The third-order valence-corrected chi connectivity index (χ3v) is 5.14. The van der Waals surface area contributed by atoms with Crippen LogP contribution >= 0.6 is 0 Å². The highest BCUT2D eigenvalue weighted by Crippen LogP contribution is 2.34. The Morgan fingerprint density at radius 1 is 0.893 bits per heavy atom. The van der Waals surface area contributed by atoms with Gasteiger partial charge in [0.2, 0.25) is 0 Å². The number of halogens is 3. The predicted octanol–water partition coefficient (Wildman–Crippen LogP) is 4.46. The Kier molecular flexibility index (Phi) is 4.93. The van der Waals surface area contributed by atoms with E-state index in [9.17, 15) is 13.2 Å². The molecular weight excluding hydrogens is 365 g/mol. The largest absolute Gasteiger partial charge is 0.416 e. The van der Waals surface area contributed by atoms with Gasteiger partial charge in [-0.3, -0.25) is 0 Å². The van der Waals surface area contributed by atoms with Gasteiger partial charge in [0.1, 0.15) is 5.69 Å². The molecule has 1 saturated heterocycles. The van der Waals surface area contributed by atoms with Crippen LogP contribution in [0.1, 0.15) is 12.5 Å². The maximum Gasteiger partial charge on any atom is 0.416 e. The third kappa shape index (κ3) is 3.67. The van der Waals surface area contributed by atoms with Gasteiger partial charge in [-0.15, -0.1) is 0 Å². The van der Waals surface area contributed by atoms with Crippen molar-refractivity contribution < 1.29 is 13.2 Å². The van der Waals surface area contributed by atoms with Crippen LogP contribution in [0.2, 0.25) is 0 Å². The molecule has 2 heterocycles. The molecule has 1 aromatic heterocycles. The first-order valence-corrected chi connectivity index (χ1v) is 9.37. The van der Waals surface area contributed by atoms with Crippen molar-refractivity contribution in [2.24, 2.45) is 0 Å². The second kappa shape index (κ2) is 7.39. The number of rotatable bonds is 3. The van der Waals surface area contributed by atoms with Crippen molar-refractivity contribution in [2.45, 2.75) is 13.1 Å². The van der Waals surface area contributed by atoms with Crippen molar-refractivity contribution in [3.05, 3.63) is 54.1 Å². The van der Waals surface area contributed by atoms with Crippen LogP contribution in [0.3, 0.4) is 0 Å². The number of nitrogens with zero attached hydrogens (tertiary/aromatic N) is 4. The summed E-state index contributed by atoms with van der Waals surface area (Å²) in [5.41, 5.74) is 1.64. The summed E-state index contributed by atoms with van der Waals surface area (Å²) < 4.78 is 39.4. The SMILES string of the molecule is CCN1CCN(c2nc3cc(C(F)(F)F)ccc3nc2-c2ccccc2)CC1. The average Bonchev–Trinajstić information content (AvgIpc) is 2.72. The van der Waals surface area contributed by atoms with Crippen molar-refractivity contribution in [1.82, 2.24) is 14.9 Å². The Labute approximate surface area is 161 Å². The molecule has 0 aliphatic carbocycles.